The first-order chi connectivity index (χ1) is 7.88. The van der Waals surface area contributed by atoms with Gasteiger partial charge in [0.25, 0.3) is 0 Å². The minimum atomic E-state index is 0.794. The van der Waals surface area contributed by atoms with E-state index in [1.165, 1.54) is 5.56 Å². The second-order valence-electron chi connectivity index (χ2n) is 3.48. The van der Waals surface area contributed by atoms with E-state index in [-0.39, 0.29) is 0 Å². The number of hydrogen-bond donors (Lipinski definition) is 1. The zero-order valence-corrected chi connectivity index (χ0v) is 9.00. The van der Waals surface area contributed by atoms with Crippen molar-refractivity contribution in [1.82, 2.24) is 20.1 Å². The maximum Gasteiger partial charge on any atom is 0.0538 e. The first-order valence-electron chi connectivity index (χ1n) is 5.13. The minimum absolute atomic E-state index is 0.794. The first-order valence-corrected chi connectivity index (χ1v) is 5.13. The van der Waals surface area contributed by atoms with Crippen LogP contribution in [0.3, 0.4) is 0 Å². The molecule has 0 spiro atoms. The van der Waals surface area contributed by atoms with Crippen LogP contribution in [-0.2, 0) is 13.1 Å². The molecule has 16 heavy (non-hydrogen) atoms. The van der Waals surface area contributed by atoms with Gasteiger partial charge in [-0.3, -0.25) is 4.98 Å². The monoisotopic (exact) mass is 214 g/mol. The van der Waals surface area contributed by atoms with Gasteiger partial charge in [0, 0.05) is 43.4 Å². The van der Waals surface area contributed by atoms with Crippen LogP contribution in [0.2, 0.25) is 0 Å². The summed E-state index contributed by atoms with van der Waals surface area (Å²) < 4.78 is 1.70. The Morgan fingerprint density at radius 1 is 1.31 bits per heavy atom. The van der Waals surface area contributed by atoms with Gasteiger partial charge in [0.1, 0.15) is 0 Å². The van der Waals surface area contributed by atoms with Crippen LogP contribution in [0.15, 0.2) is 43.5 Å². The summed E-state index contributed by atoms with van der Waals surface area (Å²) in [5, 5.41) is 7.43. The second kappa shape index (κ2) is 5.23. The predicted octanol–water partition coefficient (Wildman–Crippen LogP) is 1.67. The average molecular weight is 214 g/mol. The van der Waals surface area contributed by atoms with Gasteiger partial charge >= 0.3 is 0 Å². The highest BCUT2D eigenvalue weighted by Crippen LogP contribution is 1.99. The second-order valence-corrected chi connectivity index (χ2v) is 3.48. The van der Waals surface area contributed by atoms with Gasteiger partial charge in [0.15, 0.2) is 0 Å². The van der Waals surface area contributed by atoms with E-state index in [1.807, 2.05) is 30.7 Å². The highest BCUT2D eigenvalue weighted by Gasteiger charge is 1.96. The lowest BCUT2D eigenvalue weighted by atomic mass is 10.3. The van der Waals surface area contributed by atoms with Gasteiger partial charge in [-0.25, -0.2) is 4.68 Å². The van der Waals surface area contributed by atoms with Crippen molar-refractivity contribution in [3.8, 4) is 0 Å². The predicted molar refractivity (Wildman–Crippen MR) is 63.4 cm³/mol. The Morgan fingerprint density at radius 3 is 2.88 bits per heavy atom. The molecule has 0 amide bonds. The van der Waals surface area contributed by atoms with E-state index in [0.29, 0.717) is 0 Å². The molecule has 0 atom stereocenters. The molecular weight excluding hydrogens is 200 g/mol. The summed E-state index contributed by atoms with van der Waals surface area (Å²) in [6, 6.07) is 3.99. The molecule has 0 fully saturated rings. The summed E-state index contributed by atoms with van der Waals surface area (Å²) in [6.07, 6.45) is 9.09. The average Bonchev–Trinajstić information content (AvgIpc) is 2.78. The maximum absolute atomic E-state index is 4.11. The molecule has 0 aromatic carbocycles. The van der Waals surface area contributed by atoms with E-state index >= 15 is 0 Å². The largest absolute Gasteiger partial charge is 0.308 e. The molecule has 2 aromatic heterocycles. The number of pyridine rings is 1. The molecule has 0 aliphatic rings. The number of nitrogens with zero attached hydrogens (tertiary/aromatic N) is 3. The van der Waals surface area contributed by atoms with Crippen molar-refractivity contribution in [1.29, 1.82) is 0 Å². The maximum atomic E-state index is 4.11. The summed E-state index contributed by atoms with van der Waals surface area (Å²) in [7, 11) is 0. The Bertz CT molecular complexity index is 447. The summed E-state index contributed by atoms with van der Waals surface area (Å²) >= 11 is 0. The molecule has 0 saturated heterocycles. The van der Waals surface area contributed by atoms with Crippen LogP contribution < -0.4 is 5.32 Å². The Hall–Kier alpha value is -1.94. The van der Waals surface area contributed by atoms with E-state index < -0.39 is 0 Å². The molecule has 2 aromatic rings. The van der Waals surface area contributed by atoms with Crippen molar-refractivity contribution in [3.63, 3.8) is 0 Å². The van der Waals surface area contributed by atoms with E-state index in [9.17, 15) is 0 Å². The molecule has 82 valence electrons. The highest BCUT2D eigenvalue weighted by molar-refractivity contribution is 5.17. The molecule has 0 saturated carbocycles. The molecule has 0 radical (unpaired) electrons. The van der Waals surface area contributed by atoms with Gasteiger partial charge in [-0.15, -0.1) is 0 Å². The van der Waals surface area contributed by atoms with Crippen molar-refractivity contribution < 1.29 is 0 Å². The molecule has 1 N–H and O–H groups in total. The van der Waals surface area contributed by atoms with Crippen molar-refractivity contribution >= 4 is 6.20 Å². The Labute approximate surface area is 94.6 Å². The van der Waals surface area contributed by atoms with Crippen LogP contribution in [0.25, 0.3) is 6.20 Å². The normalized spacial score (nSPS) is 10.2. The number of aromatic nitrogens is 3. The van der Waals surface area contributed by atoms with E-state index in [4.69, 9.17) is 0 Å². The molecule has 4 nitrogen and oxygen atoms in total. The van der Waals surface area contributed by atoms with Crippen LogP contribution in [0.5, 0.6) is 0 Å². The molecule has 0 aliphatic carbocycles. The first kappa shape index (κ1) is 10.6. The van der Waals surface area contributed by atoms with Crippen molar-refractivity contribution in [2.75, 3.05) is 0 Å². The SMILES string of the molecule is C=Cn1cc(CNCc2cccnc2)cn1. The molecule has 0 bridgehead atoms. The van der Waals surface area contributed by atoms with E-state index in [0.717, 1.165) is 18.7 Å². The van der Waals surface area contributed by atoms with Gasteiger partial charge in [0.05, 0.1) is 6.20 Å². The number of hydrogen-bond acceptors (Lipinski definition) is 3. The fourth-order valence-electron chi connectivity index (χ4n) is 1.42. The van der Waals surface area contributed by atoms with Gasteiger partial charge in [-0.05, 0) is 11.6 Å². The van der Waals surface area contributed by atoms with Crippen molar-refractivity contribution in [2.45, 2.75) is 13.1 Å². The van der Waals surface area contributed by atoms with Gasteiger partial charge < -0.3 is 5.32 Å². The molecule has 2 heterocycles. The smallest absolute Gasteiger partial charge is 0.0538 e. The number of rotatable bonds is 5. The van der Waals surface area contributed by atoms with Crippen LogP contribution in [0.4, 0.5) is 0 Å². The quantitative estimate of drug-likeness (QED) is 0.823. The van der Waals surface area contributed by atoms with E-state index in [2.05, 4.69) is 22.0 Å². The summed E-state index contributed by atoms with van der Waals surface area (Å²) in [5.41, 5.74) is 2.32. The van der Waals surface area contributed by atoms with Gasteiger partial charge in [0.2, 0.25) is 0 Å². The summed E-state index contributed by atoms with van der Waals surface area (Å²) in [5.74, 6) is 0. The third-order valence-electron chi connectivity index (χ3n) is 2.22. The third-order valence-corrected chi connectivity index (χ3v) is 2.22. The van der Waals surface area contributed by atoms with Crippen LogP contribution in [-0.4, -0.2) is 14.8 Å². The molecular formula is C12H14N4. The lowest BCUT2D eigenvalue weighted by Crippen LogP contribution is -2.12. The third kappa shape index (κ3) is 2.77. The molecule has 0 aliphatic heterocycles. The lowest BCUT2D eigenvalue weighted by molar-refractivity contribution is 0.691. The Balaban J connectivity index is 1.82. The van der Waals surface area contributed by atoms with Gasteiger partial charge in [-0.2, -0.15) is 5.10 Å². The Kier molecular flexibility index (Phi) is 3.46. The zero-order valence-electron chi connectivity index (χ0n) is 9.00. The highest BCUT2D eigenvalue weighted by atomic mass is 15.2. The van der Waals surface area contributed by atoms with Gasteiger partial charge in [-0.1, -0.05) is 12.6 Å². The standard InChI is InChI=1S/C12H14N4/c1-2-16-10-12(9-15-16)8-14-7-11-4-3-5-13-6-11/h2-6,9-10,14H,1,7-8H2. The minimum Gasteiger partial charge on any atom is -0.308 e. The lowest BCUT2D eigenvalue weighted by Gasteiger charge is -2.01. The molecule has 0 unspecified atom stereocenters. The molecule has 4 heteroatoms. The fourth-order valence-corrected chi connectivity index (χ4v) is 1.42. The van der Waals surface area contributed by atoms with Crippen molar-refractivity contribution in [3.05, 3.63) is 54.6 Å². The number of nitrogens with one attached hydrogen (secondary N) is 1. The van der Waals surface area contributed by atoms with E-state index in [1.54, 1.807) is 17.1 Å². The zero-order chi connectivity index (χ0) is 11.2. The van der Waals surface area contributed by atoms with Crippen LogP contribution >= 0.6 is 0 Å². The summed E-state index contributed by atoms with van der Waals surface area (Å²) in [4.78, 5) is 4.06. The Morgan fingerprint density at radius 2 is 2.19 bits per heavy atom. The van der Waals surface area contributed by atoms with Crippen LogP contribution in [0.1, 0.15) is 11.1 Å². The van der Waals surface area contributed by atoms with Crippen LogP contribution in [0, 0.1) is 0 Å². The van der Waals surface area contributed by atoms with Crippen molar-refractivity contribution in [2.24, 2.45) is 0 Å². The molecule has 2 rings (SSSR count). The topological polar surface area (TPSA) is 42.7 Å². The summed E-state index contributed by atoms with van der Waals surface area (Å²) in [6.45, 7) is 5.25. The fraction of sp³-hybridized carbons (Fsp3) is 0.167.